The molecule has 4 nitrogen and oxygen atoms in total. The van der Waals surface area contributed by atoms with E-state index in [1.807, 2.05) is 0 Å². The highest BCUT2D eigenvalue weighted by atomic mass is 16.5. The molecule has 1 N–H and O–H groups in total. The number of esters is 1. The van der Waals surface area contributed by atoms with Gasteiger partial charge in [0.25, 0.3) is 0 Å². The number of ether oxygens (including phenoxy) is 1. The van der Waals surface area contributed by atoms with Crippen LogP contribution in [0.5, 0.6) is 0 Å². The fraction of sp³-hybridized carbons (Fsp3) is 0.889. The summed E-state index contributed by atoms with van der Waals surface area (Å²) in [5.74, 6) is -2.78. The van der Waals surface area contributed by atoms with E-state index in [9.17, 15) is 9.59 Å². The molecular weight excluding hydrogens is 280 g/mol. The van der Waals surface area contributed by atoms with Crippen LogP contribution in [0.15, 0.2) is 0 Å². The van der Waals surface area contributed by atoms with Gasteiger partial charge in [-0.1, -0.05) is 58.8 Å². The SMILES string of the molecule is CCCCCCCCC(CCCCC)OC(=O)C(C)C(=O)O. The van der Waals surface area contributed by atoms with Crippen LogP contribution in [0.4, 0.5) is 0 Å². The fourth-order valence-corrected chi connectivity index (χ4v) is 2.40. The second kappa shape index (κ2) is 13.6. The summed E-state index contributed by atoms with van der Waals surface area (Å²) in [5, 5.41) is 8.88. The van der Waals surface area contributed by atoms with Crippen molar-refractivity contribution < 1.29 is 19.4 Å². The van der Waals surface area contributed by atoms with Crippen LogP contribution in [-0.4, -0.2) is 23.1 Å². The van der Waals surface area contributed by atoms with Gasteiger partial charge in [0.15, 0.2) is 5.92 Å². The van der Waals surface area contributed by atoms with Crippen molar-refractivity contribution >= 4 is 11.9 Å². The van der Waals surface area contributed by atoms with Gasteiger partial charge in [-0.2, -0.15) is 0 Å². The van der Waals surface area contributed by atoms with E-state index in [2.05, 4.69) is 13.8 Å². The van der Waals surface area contributed by atoms with E-state index in [-0.39, 0.29) is 6.10 Å². The summed E-state index contributed by atoms with van der Waals surface area (Å²) in [4.78, 5) is 22.6. The van der Waals surface area contributed by atoms with Gasteiger partial charge in [-0.05, 0) is 32.6 Å². The molecule has 130 valence electrons. The number of carboxylic acids is 1. The van der Waals surface area contributed by atoms with Gasteiger partial charge in [0.05, 0.1) is 0 Å². The molecule has 2 unspecified atom stereocenters. The van der Waals surface area contributed by atoms with Crippen molar-refractivity contribution in [2.45, 2.75) is 97.5 Å². The van der Waals surface area contributed by atoms with Crippen molar-refractivity contribution in [3.63, 3.8) is 0 Å². The van der Waals surface area contributed by atoms with E-state index in [0.29, 0.717) is 0 Å². The molecule has 0 fully saturated rings. The quantitative estimate of drug-likeness (QED) is 0.280. The van der Waals surface area contributed by atoms with Gasteiger partial charge >= 0.3 is 11.9 Å². The lowest BCUT2D eigenvalue weighted by atomic mass is 10.0. The molecule has 0 saturated heterocycles. The van der Waals surface area contributed by atoms with E-state index < -0.39 is 17.9 Å². The van der Waals surface area contributed by atoms with Gasteiger partial charge in [0.1, 0.15) is 6.10 Å². The predicted molar refractivity (Wildman–Crippen MR) is 88.8 cm³/mol. The van der Waals surface area contributed by atoms with Crippen molar-refractivity contribution in [2.24, 2.45) is 5.92 Å². The first kappa shape index (κ1) is 20.9. The van der Waals surface area contributed by atoms with Gasteiger partial charge < -0.3 is 9.84 Å². The number of aliphatic carboxylic acids is 1. The maximum Gasteiger partial charge on any atom is 0.320 e. The number of hydrogen-bond acceptors (Lipinski definition) is 3. The summed E-state index contributed by atoms with van der Waals surface area (Å²) in [6, 6.07) is 0. The summed E-state index contributed by atoms with van der Waals surface area (Å²) in [7, 11) is 0. The number of carboxylic acid groups (broad SMARTS) is 1. The second-order valence-corrected chi connectivity index (χ2v) is 6.17. The Morgan fingerprint density at radius 3 is 1.86 bits per heavy atom. The number of carbonyl (C=O) groups is 2. The lowest BCUT2D eigenvalue weighted by Crippen LogP contribution is -2.27. The highest BCUT2D eigenvalue weighted by molar-refractivity contribution is 5.93. The van der Waals surface area contributed by atoms with Gasteiger partial charge in [0, 0.05) is 0 Å². The molecule has 0 aliphatic heterocycles. The van der Waals surface area contributed by atoms with Gasteiger partial charge in [-0.15, -0.1) is 0 Å². The molecule has 0 saturated carbocycles. The summed E-state index contributed by atoms with van der Waals surface area (Å²) < 4.78 is 5.43. The zero-order valence-electron chi connectivity index (χ0n) is 14.6. The third-order valence-corrected chi connectivity index (χ3v) is 4.02. The largest absolute Gasteiger partial charge is 0.481 e. The molecule has 0 aromatic carbocycles. The van der Waals surface area contributed by atoms with Crippen LogP contribution in [-0.2, 0) is 14.3 Å². The molecule has 0 aromatic heterocycles. The molecule has 4 heteroatoms. The van der Waals surface area contributed by atoms with Crippen LogP contribution < -0.4 is 0 Å². The van der Waals surface area contributed by atoms with Crippen molar-refractivity contribution in [2.75, 3.05) is 0 Å². The van der Waals surface area contributed by atoms with Gasteiger partial charge in [-0.3, -0.25) is 9.59 Å². The average molecular weight is 314 g/mol. The number of rotatable bonds is 14. The normalized spacial score (nSPS) is 13.6. The Morgan fingerprint density at radius 2 is 1.32 bits per heavy atom. The second-order valence-electron chi connectivity index (χ2n) is 6.17. The van der Waals surface area contributed by atoms with Gasteiger partial charge in [-0.25, -0.2) is 0 Å². The third-order valence-electron chi connectivity index (χ3n) is 4.02. The van der Waals surface area contributed by atoms with E-state index in [0.717, 1.165) is 44.9 Å². The first-order valence-electron chi connectivity index (χ1n) is 8.96. The molecule has 0 aromatic rings. The summed E-state index contributed by atoms with van der Waals surface area (Å²) >= 11 is 0. The minimum Gasteiger partial charge on any atom is -0.481 e. The average Bonchev–Trinajstić information content (AvgIpc) is 2.49. The van der Waals surface area contributed by atoms with E-state index >= 15 is 0 Å². The Bertz CT molecular complexity index is 301. The topological polar surface area (TPSA) is 63.6 Å². The van der Waals surface area contributed by atoms with Gasteiger partial charge in [0.2, 0.25) is 0 Å². The molecule has 22 heavy (non-hydrogen) atoms. The molecule has 0 bridgehead atoms. The molecule has 0 radical (unpaired) electrons. The number of unbranched alkanes of at least 4 members (excludes halogenated alkanes) is 7. The van der Waals surface area contributed by atoms with Crippen LogP contribution in [0.2, 0.25) is 0 Å². The monoisotopic (exact) mass is 314 g/mol. The smallest absolute Gasteiger partial charge is 0.320 e. The van der Waals surface area contributed by atoms with Crippen molar-refractivity contribution in [1.29, 1.82) is 0 Å². The molecule has 0 amide bonds. The highest BCUT2D eigenvalue weighted by Gasteiger charge is 2.25. The first-order chi connectivity index (χ1) is 10.5. The number of carbonyl (C=O) groups excluding carboxylic acids is 1. The van der Waals surface area contributed by atoms with Crippen LogP contribution >= 0.6 is 0 Å². The Labute approximate surface area is 135 Å². The molecule has 0 aliphatic rings. The maximum absolute atomic E-state index is 11.8. The Kier molecular flexibility index (Phi) is 12.9. The van der Waals surface area contributed by atoms with Crippen molar-refractivity contribution in [3.8, 4) is 0 Å². The third kappa shape index (κ3) is 10.6. The lowest BCUT2D eigenvalue weighted by Gasteiger charge is -2.19. The predicted octanol–water partition coefficient (Wildman–Crippen LogP) is 4.95. The minimum absolute atomic E-state index is 0.118. The zero-order chi connectivity index (χ0) is 16.8. The van der Waals surface area contributed by atoms with Crippen molar-refractivity contribution in [3.05, 3.63) is 0 Å². The Hall–Kier alpha value is -1.06. The van der Waals surface area contributed by atoms with Crippen molar-refractivity contribution in [1.82, 2.24) is 0 Å². The van der Waals surface area contributed by atoms with E-state index in [1.165, 1.54) is 32.6 Å². The molecule has 0 aliphatic carbocycles. The summed E-state index contributed by atoms with van der Waals surface area (Å²) in [5.41, 5.74) is 0. The van der Waals surface area contributed by atoms with E-state index in [1.54, 1.807) is 0 Å². The summed E-state index contributed by atoms with van der Waals surface area (Å²) in [6.07, 6.45) is 12.1. The molecule has 0 heterocycles. The maximum atomic E-state index is 11.8. The lowest BCUT2D eigenvalue weighted by molar-refractivity contribution is -0.162. The molecule has 0 spiro atoms. The molecular formula is C18H34O4. The first-order valence-corrected chi connectivity index (χ1v) is 8.96. The number of hydrogen-bond donors (Lipinski definition) is 1. The van der Waals surface area contributed by atoms with Crippen LogP contribution in [0.1, 0.15) is 91.4 Å². The van der Waals surface area contributed by atoms with Crippen LogP contribution in [0.3, 0.4) is 0 Å². The van der Waals surface area contributed by atoms with Crippen LogP contribution in [0, 0.1) is 5.92 Å². The molecule has 2 atom stereocenters. The summed E-state index contributed by atoms with van der Waals surface area (Å²) in [6.45, 7) is 5.73. The Morgan fingerprint density at radius 1 is 0.864 bits per heavy atom. The minimum atomic E-state index is -1.11. The fourth-order valence-electron chi connectivity index (χ4n) is 2.40. The molecule has 0 rings (SSSR count). The van der Waals surface area contributed by atoms with E-state index in [4.69, 9.17) is 9.84 Å². The Balaban J connectivity index is 4.13. The highest BCUT2D eigenvalue weighted by Crippen LogP contribution is 2.17. The zero-order valence-corrected chi connectivity index (χ0v) is 14.6. The van der Waals surface area contributed by atoms with Crippen LogP contribution in [0.25, 0.3) is 0 Å². The standard InChI is InChI=1S/C18H34O4/c1-4-6-8-9-10-12-14-16(13-11-7-5-2)22-18(21)15(3)17(19)20/h15-16H,4-14H2,1-3H3,(H,19,20).